The molecule has 0 saturated heterocycles. The maximum atomic E-state index is 9.64. The predicted molar refractivity (Wildman–Crippen MR) is 61.8 cm³/mol. The lowest BCUT2D eigenvalue weighted by molar-refractivity contribution is 0.347. The second-order valence-electron chi connectivity index (χ2n) is 3.17. The van der Waals surface area contributed by atoms with E-state index in [9.17, 15) is 5.11 Å². The van der Waals surface area contributed by atoms with Crippen LogP contribution in [0.4, 0.5) is 0 Å². The number of phenols is 1. The molecule has 0 saturated carbocycles. The molecule has 0 atom stereocenters. The van der Waals surface area contributed by atoms with E-state index in [0.717, 1.165) is 16.5 Å². The first-order valence-electron chi connectivity index (χ1n) is 4.72. The van der Waals surface area contributed by atoms with Gasteiger partial charge in [0.15, 0.2) is 0 Å². The highest BCUT2D eigenvalue weighted by molar-refractivity contribution is 6.18. The van der Waals surface area contributed by atoms with Crippen molar-refractivity contribution in [2.24, 2.45) is 0 Å². The quantitative estimate of drug-likeness (QED) is 0.809. The normalized spacial score (nSPS) is 10.5. The van der Waals surface area contributed by atoms with E-state index in [-0.39, 0.29) is 5.75 Å². The minimum Gasteiger partial charge on any atom is -0.507 e. The number of ether oxygens (including phenoxy) is 1. The molecule has 2 rings (SSSR count). The molecular weight excluding hydrogens is 212 g/mol. The van der Waals surface area contributed by atoms with Crippen LogP contribution in [-0.2, 0) is 0 Å². The average molecular weight is 223 g/mol. The number of fused-ring (bicyclic) bond motifs is 1. The molecule has 78 valence electrons. The van der Waals surface area contributed by atoms with Gasteiger partial charge in [-0.1, -0.05) is 24.3 Å². The molecule has 0 spiro atoms. The van der Waals surface area contributed by atoms with Gasteiger partial charge in [-0.2, -0.15) is 0 Å². The molecule has 0 aliphatic rings. The molecular formula is C12H11ClO2. The molecule has 3 heteroatoms. The standard InChI is InChI=1S/C12H11ClO2/c13-7-8-15-12-6-2-3-9-10(12)4-1-5-11(9)14/h1-6,14H,7-8H2. The van der Waals surface area contributed by atoms with Crippen molar-refractivity contribution >= 4 is 22.4 Å². The lowest BCUT2D eigenvalue weighted by Crippen LogP contribution is -1.98. The molecule has 0 aliphatic carbocycles. The summed E-state index contributed by atoms with van der Waals surface area (Å²) in [4.78, 5) is 0. The Hall–Kier alpha value is -1.41. The fourth-order valence-electron chi connectivity index (χ4n) is 1.54. The van der Waals surface area contributed by atoms with Gasteiger partial charge in [-0.05, 0) is 12.1 Å². The second kappa shape index (κ2) is 4.41. The first-order valence-corrected chi connectivity index (χ1v) is 5.26. The number of halogens is 1. The van der Waals surface area contributed by atoms with Gasteiger partial charge >= 0.3 is 0 Å². The first-order chi connectivity index (χ1) is 7.33. The van der Waals surface area contributed by atoms with Crippen LogP contribution < -0.4 is 4.74 Å². The Morgan fingerprint density at radius 3 is 2.60 bits per heavy atom. The van der Waals surface area contributed by atoms with E-state index in [1.54, 1.807) is 12.1 Å². The molecule has 0 bridgehead atoms. The summed E-state index contributed by atoms with van der Waals surface area (Å²) in [5.74, 6) is 1.47. The van der Waals surface area contributed by atoms with Crippen LogP contribution in [0.25, 0.3) is 10.8 Å². The van der Waals surface area contributed by atoms with Crippen molar-refractivity contribution in [1.82, 2.24) is 0 Å². The van der Waals surface area contributed by atoms with Crippen molar-refractivity contribution in [3.05, 3.63) is 36.4 Å². The molecule has 1 N–H and O–H groups in total. The van der Waals surface area contributed by atoms with Gasteiger partial charge in [0.05, 0.1) is 5.88 Å². The Kier molecular flexibility index (Phi) is 2.97. The fraction of sp³-hybridized carbons (Fsp3) is 0.167. The van der Waals surface area contributed by atoms with Crippen LogP contribution >= 0.6 is 11.6 Å². The van der Waals surface area contributed by atoms with Crippen LogP contribution in [0, 0.1) is 0 Å². The molecule has 0 fully saturated rings. The van der Waals surface area contributed by atoms with Crippen LogP contribution in [0.2, 0.25) is 0 Å². The topological polar surface area (TPSA) is 29.5 Å². The van der Waals surface area contributed by atoms with Crippen molar-refractivity contribution in [2.45, 2.75) is 0 Å². The number of phenolic OH excluding ortho intramolecular Hbond substituents is 1. The van der Waals surface area contributed by atoms with Gasteiger partial charge in [0, 0.05) is 10.8 Å². The van der Waals surface area contributed by atoms with E-state index < -0.39 is 0 Å². The van der Waals surface area contributed by atoms with Gasteiger partial charge in [0.25, 0.3) is 0 Å². The Morgan fingerprint density at radius 1 is 1.07 bits per heavy atom. The van der Waals surface area contributed by atoms with E-state index in [2.05, 4.69) is 0 Å². The zero-order valence-corrected chi connectivity index (χ0v) is 8.87. The van der Waals surface area contributed by atoms with Gasteiger partial charge in [0.1, 0.15) is 18.1 Å². The number of hydrogen-bond donors (Lipinski definition) is 1. The Bertz CT molecular complexity index is 468. The third-order valence-corrected chi connectivity index (χ3v) is 2.35. The molecule has 0 unspecified atom stereocenters. The van der Waals surface area contributed by atoms with Gasteiger partial charge < -0.3 is 9.84 Å². The van der Waals surface area contributed by atoms with E-state index in [0.29, 0.717) is 12.5 Å². The Balaban J connectivity index is 2.51. The molecule has 2 nitrogen and oxygen atoms in total. The summed E-state index contributed by atoms with van der Waals surface area (Å²) in [5, 5.41) is 11.3. The van der Waals surface area contributed by atoms with Crippen molar-refractivity contribution in [3.63, 3.8) is 0 Å². The third kappa shape index (κ3) is 2.00. The second-order valence-corrected chi connectivity index (χ2v) is 3.54. The number of hydrogen-bond acceptors (Lipinski definition) is 2. The highest BCUT2D eigenvalue weighted by Crippen LogP contribution is 2.31. The molecule has 0 aromatic heterocycles. The van der Waals surface area contributed by atoms with Crippen LogP contribution in [0.1, 0.15) is 0 Å². The van der Waals surface area contributed by atoms with Crippen LogP contribution in [0.5, 0.6) is 11.5 Å². The van der Waals surface area contributed by atoms with Crippen LogP contribution in [0.3, 0.4) is 0 Å². The van der Waals surface area contributed by atoms with Gasteiger partial charge in [-0.25, -0.2) is 0 Å². The first kappa shape index (κ1) is 10.1. The zero-order chi connectivity index (χ0) is 10.7. The fourth-order valence-corrected chi connectivity index (χ4v) is 1.62. The van der Waals surface area contributed by atoms with Crippen molar-refractivity contribution in [2.75, 3.05) is 12.5 Å². The van der Waals surface area contributed by atoms with Crippen LogP contribution in [0.15, 0.2) is 36.4 Å². The van der Waals surface area contributed by atoms with E-state index in [4.69, 9.17) is 16.3 Å². The summed E-state index contributed by atoms with van der Waals surface area (Å²) in [6, 6.07) is 11.0. The molecule has 2 aromatic rings. The highest BCUT2D eigenvalue weighted by atomic mass is 35.5. The van der Waals surface area contributed by atoms with Crippen molar-refractivity contribution < 1.29 is 9.84 Å². The molecule has 0 amide bonds. The molecule has 0 radical (unpaired) electrons. The van der Waals surface area contributed by atoms with Gasteiger partial charge in [-0.3, -0.25) is 0 Å². The summed E-state index contributed by atoms with van der Waals surface area (Å²) >= 11 is 5.56. The van der Waals surface area contributed by atoms with Crippen molar-refractivity contribution in [3.8, 4) is 11.5 Å². The van der Waals surface area contributed by atoms with Crippen molar-refractivity contribution in [1.29, 1.82) is 0 Å². The highest BCUT2D eigenvalue weighted by Gasteiger charge is 2.04. The predicted octanol–water partition coefficient (Wildman–Crippen LogP) is 3.16. The summed E-state index contributed by atoms with van der Waals surface area (Å²) < 4.78 is 5.48. The van der Waals surface area contributed by atoms with E-state index >= 15 is 0 Å². The lowest BCUT2D eigenvalue weighted by Gasteiger charge is -2.08. The molecule has 0 aliphatic heterocycles. The smallest absolute Gasteiger partial charge is 0.127 e. The zero-order valence-electron chi connectivity index (χ0n) is 8.11. The minimum absolute atomic E-state index is 0.267. The number of aromatic hydroxyl groups is 1. The lowest BCUT2D eigenvalue weighted by atomic mass is 10.1. The molecule has 15 heavy (non-hydrogen) atoms. The summed E-state index contributed by atoms with van der Waals surface area (Å²) in [6.45, 7) is 0.469. The van der Waals surface area contributed by atoms with E-state index in [1.165, 1.54) is 0 Å². The minimum atomic E-state index is 0.267. The molecule has 2 aromatic carbocycles. The largest absolute Gasteiger partial charge is 0.507 e. The maximum absolute atomic E-state index is 9.64. The van der Waals surface area contributed by atoms with E-state index in [1.807, 2.05) is 24.3 Å². The summed E-state index contributed by atoms with van der Waals surface area (Å²) in [7, 11) is 0. The third-order valence-electron chi connectivity index (χ3n) is 2.19. The van der Waals surface area contributed by atoms with Gasteiger partial charge in [0.2, 0.25) is 0 Å². The van der Waals surface area contributed by atoms with Gasteiger partial charge in [-0.15, -0.1) is 11.6 Å². The Morgan fingerprint density at radius 2 is 1.80 bits per heavy atom. The number of rotatable bonds is 3. The Labute approximate surface area is 93.1 Å². The maximum Gasteiger partial charge on any atom is 0.127 e. The summed E-state index contributed by atoms with van der Waals surface area (Å²) in [5.41, 5.74) is 0. The summed E-state index contributed by atoms with van der Waals surface area (Å²) in [6.07, 6.45) is 0. The number of benzene rings is 2. The van der Waals surface area contributed by atoms with Crippen LogP contribution in [-0.4, -0.2) is 17.6 Å². The number of alkyl halides is 1. The SMILES string of the molecule is Oc1cccc2c(OCCCl)cccc12. The molecule has 0 heterocycles. The average Bonchev–Trinajstić information content (AvgIpc) is 2.27. The monoisotopic (exact) mass is 222 g/mol.